The Morgan fingerprint density at radius 3 is 2.03 bits per heavy atom. The molecule has 0 amide bonds. The fraction of sp³-hybridized carbons (Fsp3) is 0.0625. The largest absolute Gasteiger partial charge is 0.495 e. The van der Waals surface area contributed by atoms with E-state index in [0.29, 0.717) is 10.6 Å². The van der Waals surface area contributed by atoms with E-state index in [1.807, 2.05) is 42.5 Å². The van der Waals surface area contributed by atoms with Gasteiger partial charge in [0.25, 0.3) is 0 Å². The molecule has 5 aromatic carbocycles. The van der Waals surface area contributed by atoms with Gasteiger partial charge in [-0.05, 0) is 36.6 Å². The molecule has 3 nitrogen and oxygen atoms in total. The highest BCUT2D eigenvalue weighted by atomic mass is 32.2. The van der Waals surface area contributed by atoms with Gasteiger partial charge in [-0.3, -0.25) is 0 Å². The Balaban J connectivity index is 1.68. The van der Waals surface area contributed by atoms with Crippen LogP contribution in [0.5, 0.6) is 5.75 Å². The second kappa shape index (κ2) is 9.97. The number of hydrogen-bond donors (Lipinski definition) is 0. The minimum Gasteiger partial charge on any atom is -0.495 e. The summed E-state index contributed by atoms with van der Waals surface area (Å²) in [5.41, 5.74) is 2.25. The first-order chi connectivity index (χ1) is 18.2. The minimum atomic E-state index is -1.50. The predicted molar refractivity (Wildman–Crippen MR) is 156 cm³/mol. The number of aromatic nitrogens is 1. The predicted octanol–water partition coefficient (Wildman–Crippen LogP) is 7.17. The number of hydrogen-bond acceptors (Lipinski definition) is 2. The fourth-order valence-electron chi connectivity index (χ4n) is 4.83. The smallest absolute Gasteiger partial charge is 0.136 e. The van der Waals surface area contributed by atoms with Crippen molar-refractivity contribution in [3.05, 3.63) is 127 Å². The van der Waals surface area contributed by atoms with Gasteiger partial charge in [-0.25, -0.2) is 4.21 Å². The van der Waals surface area contributed by atoms with Crippen molar-refractivity contribution in [3.8, 4) is 5.75 Å². The number of aryl methyl sites for hydroxylation is 1. The molecule has 182 valence electrons. The number of fused-ring (bicyclic) bond motifs is 2. The molecule has 0 saturated carbocycles. The van der Waals surface area contributed by atoms with Gasteiger partial charge >= 0.3 is 0 Å². The lowest BCUT2D eigenvalue weighted by molar-refractivity contribution is 0.405. The first-order valence-electron chi connectivity index (χ1n) is 12.2. The standard InChI is InChI=1S/C32H26NO2PS/c1-23-17-19-29-25(21-23)22-31(37(34)32-28-16-10-9-11-24(28)18-20-30(32)35-2)33(29)36(26-12-5-3-6-13-26)27-14-7-4-8-15-27/h3-22H,1-2H3. The van der Waals surface area contributed by atoms with E-state index in [0.717, 1.165) is 26.7 Å². The molecule has 0 radical (unpaired) electrons. The maximum absolute atomic E-state index is 14.7. The van der Waals surface area contributed by atoms with Crippen molar-refractivity contribution in [1.29, 1.82) is 0 Å². The van der Waals surface area contributed by atoms with Crippen LogP contribution < -0.4 is 15.3 Å². The molecule has 0 saturated heterocycles. The summed E-state index contributed by atoms with van der Waals surface area (Å²) < 4.78 is 22.8. The van der Waals surface area contributed by atoms with Gasteiger partial charge in [0.1, 0.15) is 21.6 Å². The zero-order valence-electron chi connectivity index (χ0n) is 20.7. The van der Waals surface area contributed by atoms with E-state index in [9.17, 15) is 4.21 Å². The van der Waals surface area contributed by atoms with Crippen LogP contribution in [0.4, 0.5) is 0 Å². The zero-order chi connectivity index (χ0) is 25.4. The Bertz CT molecular complexity index is 1710. The van der Waals surface area contributed by atoms with Crippen LogP contribution in [0.3, 0.4) is 0 Å². The van der Waals surface area contributed by atoms with Gasteiger partial charge in [0, 0.05) is 21.4 Å². The summed E-state index contributed by atoms with van der Waals surface area (Å²) in [6.07, 6.45) is 0. The number of nitrogens with zero attached hydrogens (tertiary/aromatic N) is 1. The van der Waals surface area contributed by atoms with E-state index in [1.165, 1.54) is 16.2 Å². The van der Waals surface area contributed by atoms with Crippen molar-refractivity contribution in [1.82, 2.24) is 4.34 Å². The third-order valence-corrected chi connectivity index (χ3v) is 10.6. The molecule has 1 unspecified atom stereocenters. The Hall–Kier alpha value is -3.72. The lowest BCUT2D eigenvalue weighted by Crippen LogP contribution is -2.18. The quantitative estimate of drug-likeness (QED) is 0.218. The van der Waals surface area contributed by atoms with Crippen LogP contribution in [0.2, 0.25) is 0 Å². The summed E-state index contributed by atoms with van der Waals surface area (Å²) in [4.78, 5) is 0.706. The molecular formula is C32H26NO2PS. The van der Waals surface area contributed by atoms with Gasteiger partial charge in [0.15, 0.2) is 0 Å². The summed E-state index contributed by atoms with van der Waals surface area (Å²) in [7, 11) is -0.890. The Kier molecular flexibility index (Phi) is 6.38. The van der Waals surface area contributed by atoms with Gasteiger partial charge in [-0.2, -0.15) is 0 Å². The van der Waals surface area contributed by atoms with Crippen molar-refractivity contribution in [2.45, 2.75) is 16.8 Å². The highest BCUT2D eigenvalue weighted by molar-refractivity contribution is 7.86. The number of methoxy groups -OCH3 is 1. The molecule has 0 aliphatic carbocycles. The van der Waals surface area contributed by atoms with Crippen LogP contribution in [-0.2, 0) is 10.8 Å². The second-order valence-electron chi connectivity index (χ2n) is 8.93. The molecule has 5 heteroatoms. The maximum Gasteiger partial charge on any atom is 0.136 e. The third-order valence-electron chi connectivity index (χ3n) is 6.54. The van der Waals surface area contributed by atoms with Crippen LogP contribution in [0.15, 0.2) is 131 Å². The van der Waals surface area contributed by atoms with E-state index in [1.54, 1.807) is 7.11 Å². The molecular weight excluding hydrogens is 493 g/mol. The number of benzene rings is 5. The van der Waals surface area contributed by atoms with E-state index >= 15 is 0 Å². The summed E-state index contributed by atoms with van der Waals surface area (Å²) in [6.45, 7) is 2.10. The average Bonchev–Trinajstić information content (AvgIpc) is 3.31. The maximum atomic E-state index is 14.7. The fourth-order valence-corrected chi connectivity index (χ4v) is 9.04. The van der Waals surface area contributed by atoms with Crippen LogP contribution in [0.1, 0.15) is 5.56 Å². The topological polar surface area (TPSA) is 31.2 Å². The number of ether oxygens (including phenoxy) is 1. The highest BCUT2D eigenvalue weighted by Gasteiger charge is 2.27. The van der Waals surface area contributed by atoms with Crippen molar-refractivity contribution in [2.75, 3.05) is 7.11 Å². The van der Waals surface area contributed by atoms with Crippen molar-refractivity contribution in [3.63, 3.8) is 0 Å². The molecule has 1 aromatic heterocycles. The van der Waals surface area contributed by atoms with Gasteiger partial charge in [0.2, 0.25) is 0 Å². The van der Waals surface area contributed by atoms with Crippen LogP contribution >= 0.6 is 8.07 Å². The SMILES string of the molecule is COc1ccc2ccccc2c1S(=O)c1cc2cc(C)ccc2n1P(c1ccccc1)c1ccccc1. The monoisotopic (exact) mass is 519 g/mol. The summed E-state index contributed by atoms with van der Waals surface area (Å²) in [6, 6.07) is 41.7. The van der Waals surface area contributed by atoms with Crippen molar-refractivity contribution < 1.29 is 8.95 Å². The van der Waals surface area contributed by atoms with Gasteiger partial charge in [0.05, 0.1) is 25.6 Å². The first-order valence-corrected chi connectivity index (χ1v) is 14.6. The van der Waals surface area contributed by atoms with Gasteiger partial charge < -0.3 is 9.07 Å². The lowest BCUT2D eigenvalue weighted by atomic mass is 10.1. The Labute approximate surface area is 220 Å². The van der Waals surface area contributed by atoms with Crippen LogP contribution in [0.25, 0.3) is 21.7 Å². The van der Waals surface area contributed by atoms with E-state index in [-0.39, 0.29) is 0 Å². The number of rotatable bonds is 6. The molecule has 0 spiro atoms. The molecule has 1 heterocycles. The highest BCUT2D eigenvalue weighted by Crippen LogP contribution is 2.45. The molecule has 0 aliphatic heterocycles. The molecule has 37 heavy (non-hydrogen) atoms. The summed E-state index contributed by atoms with van der Waals surface area (Å²) in [5.74, 6) is 0.633. The summed E-state index contributed by atoms with van der Waals surface area (Å²) >= 11 is 0. The lowest BCUT2D eigenvalue weighted by Gasteiger charge is -2.24. The average molecular weight is 520 g/mol. The minimum absolute atomic E-state index is 0.633. The third kappa shape index (κ3) is 4.27. The molecule has 6 rings (SSSR count). The molecule has 0 bridgehead atoms. The zero-order valence-corrected chi connectivity index (χ0v) is 22.4. The molecule has 0 N–H and O–H groups in total. The van der Waals surface area contributed by atoms with Crippen molar-refractivity contribution in [2.24, 2.45) is 0 Å². The second-order valence-corrected chi connectivity index (χ2v) is 12.3. The van der Waals surface area contributed by atoms with Gasteiger partial charge in [-0.15, -0.1) is 0 Å². The van der Waals surface area contributed by atoms with Crippen LogP contribution in [-0.4, -0.2) is 15.7 Å². The van der Waals surface area contributed by atoms with E-state index in [4.69, 9.17) is 4.74 Å². The summed E-state index contributed by atoms with van der Waals surface area (Å²) in [5, 5.41) is 6.24. The van der Waals surface area contributed by atoms with Gasteiger partial charge in [-0.1, -0.05) is 103 Å². The van der Waals surface area contributed by atoms with E-state index in [2.05, 4.69) is 90.1 Å². The van der Waals surface area contributed by atoms with Crippen LogP contribution in [0, 0.1) is 6.92 Å². The molecule has 0 fully saturated rings. The first kappa shape index (κ1) is 23.7. The Morgan fingerprint density at radius 2 is 1.35 bits per heavy atom. The molecule has 1 atom stereocenters. The van der Waals surface area contributed by atoms with E-state index < -0.39 is 18.9 Å². The normalized spacial score (nSPS) is 12.3. The molecule has 0 aliphatic rings. The molecule has 6 aromatic rings. The Morgan fingerprint density at radius 1 is 0.703 bits per heavy atom. The van der Waals surface area contributed by atoms with Crippen molar-refractivity contribution >= 4 is 51.2 Å².